The minimum atomic E-state index is -0.789. The van der Waals surface area contributed by atoms with Gasteiger partial charge in [-0.15, -0.1) is 0 Å². The number of aliphatic hydroxyl groups is 1. The normalized spacial score (nSPS) is 25.8. The fraction of sp³-hybridized carbons (Fsp3) is 0.387. The van der Waals surface area contributed by atoms with Crippen molar-refractivity contribution in [3.8, 4) is 0 Å². The number of carbonyl (C=O) groups is 1. The Balaban J connectivity index is 1.45. The zero-order valence-corrected chi connectivity index (χ0v) is 21.5. The summed E-state index contributed by atoms with van der Waals surface area (Å²) in [4.78, 5) is 13.2. The van der Waals surface area contributed by atoms with Gasteiger partial charge in [0, 0.05) is 23.2 Å². The molecule has 3 aromatic carbocycles. The highest BCUT2D eigenvalue weighted by Gasteiger charge is 2.54. The Morgan fingerprint density at radius 2 is 1.75 bits per heavy atom. The van der Waals surface area contributed by atoms with Crippen molar-refractivity contribution in [2.24, 2.45) is 5.92 Å². The lowest BCUT2D eigenvalue weighted by atomic mass is 9.59. The van der Waals surface area contributed by atoms with Crippen LogP contribution < -0.4 is 5.32 Å². The molecule has 0 aliphatic heterocycles. The number of fused-ring (bicyclic) bond motifs is 2. The van der Waals surface area contributed by atoms with E-state index in [0.29, 0.717) is 23.8 Å². The zero-order valence-electron chi connectivity index (χ0n) is 20.8. The van der Waals surface area contributed by atoms with Gasteiger partial charge >= 0.3 is 5.97 Å². The zero-order chi connectivity index (χ0) is 25.2. The molecule has 4 nitrogen and oxygen atoms in total. The summed E-state index contributed by atoms with van der Waals surface area (Å²) in [5.74, 6) is 0.269. The number of halogens is 1. The van der Waals surface area contributed by atoms with Crippen molar-refractivity contribution in [3.63, 3.8) is 0 Å². The molecular weight excluding hydrogens is 470 g/mol. The van der Waals surface area contributed by atoms with Gasteiger partial charge in [0.1, 0.15) is 5.54 Å². The van der Waals surface area contributed by atoms with Gasteiger partial charge in [0.05, 0.1) is 7.11 Å². The number of anilines is 1. The number of ether oxygens (including phenoxy) is 1. The van der Waals surface area contributed by atoms with Crippen molar-refractivity contribution >= 4 is 23.3 Å². The lowest BCUT2D eigenvalue weighted by Crippen LogP contribution is -2.53. The van der Waals surface area contributed by atoms with Gasteiger partial charge in [-0.2, -0.15) is 0 Å². The Bertz CT molecular complexity index is 1200. The molecule has 0 radical (unpaired) electrons. The lowest BCUT2D eigenvalue weighted by Gasteiger charge is -2.48. The van der Waals surface area contributed by atoms with Crippen molar-refractivity contribution in [2.45, 2.75) is 55.4 Å². The summed E-state index contributed by atoms with van der Waals surface area (Å²) in [5.41, 5.74) is 4.03. The molecule has 2 atom stereocenters. The van der Waals surface area contributed by atoms with Gasteiger partial charge in [0.2, 0.25) is 0 Å². The number of methoxy groups -OCH3 is 1. The van der Waals surface area contributed by atoms with E-state index in [9.17, 15) is 9.90 Å². The number of rotatable bonds is 7. The molecule has 1 fully saturated rings. The van der Waals surface area contributed by atoms with E-state index in [1.165, 1.54) is 23.8 Å². The first-order valence-electron chi connectivity index (χ1n) is 12.9. The fourth-order valence-electron chi connectivity index (χ4n) is 6.78. The molecule has 5 rings (SSSR count). The van der Waals surface area contributed by atoms with Crippen LogP contribution in [0.5, 0.6) is 0 Å². The van der Waals surface area contributed by atoms with Gasteiger partial charge < -0.3 is 15.2 Å². The van der Waals surface area contributed by atoms with Gasteiger partial charge in [-0.25, -0.2) is 4.79 Å². The summed E-state index contributed by atoms with van der Waals surface area (Å²) in [5, 5.41) is 14.5. The second kappa shape index (κ2) is 10.3. The molecule has 0 bridgehead atoms. The highest BCUT2D eigenvalue weighted by Crippen LogP contribution is 2.56. The average Bonchev–Trinajstić information content (AvgIpc) is 3.21. The van der Waals surface area contributed by atoms with Crippen molar-refractivity contribution < 1.29 is 14.6 Å². The van der Waals surface area contributed by atoms with Crippen LogP contribution >= 0.6 is 11.6 Å². The van der Waals surface area contributed by atoms with E-state index in [0.717, 1.165) is 31.4 Å². The van der Waals surface area contributed by atoms with E-state index in [2.05, 4.69) is 41.7 Å². The number of carbonyl (C=O) groups excluding carboxylic acids is 1. The first-order chi connectivity index (χ1) is 17.5. The molecule has 1 spiro atoms. The van der Waals surface area contributed by atoms with Crippen molar-refractivity contribution in [1.29, 1.82) is 0 Å². The summed E-state index contributed by atoms with van der Waals surface area (Å²) >= 11 is 6.23. The second-order valence-electron chi connectivity index (χ2n) is 10.4. The smallest absolute Gasteiger partial charge is 0.331 e. The molecule has 2 unspecified atom stereocenters. The Morgan fingerprint density at radius 3 is 2.44 bits per heavy atom. The molecular formula is C31H34ClNO3. The summed E-state index contributed by atoms with van der Waals surface area (Å²) in [6.45, 7) is 0.134. The lowest BCUT2D eigenvalue weighted by molar-refractivity contribution is -0.148. The van der Waals surface area contributed by atoms with Crippen molar-refractivity contribution in [3.05, 3.63) is 101 Å². The van der Waals surface area contributed by atoms with E-state index >= 15 is 0 Å². The average molecular weight is 504 g/mol. The maximum Gasteiger partial charge on any atom is 0.331 e. The van der Waals surface area contributed by atoms with Crippen LogP contribution in [0.2, 0.25) is 5.02 Å². The highest BCUT2D eigenvalue weighted by molar-refractivity contribution is 6.30. The van der Waals surface area contributed by atoms with E-state index < -0.39 is 5.54 Å². The van der Waals surface area contributed by atoms with Gasteiger partial charge in [0.15, 0.2) is 0 Å². The third-order valence-electron chi connectivity index (χ3n) is 8.64. The third kappa shape index (κ3) is 4.53. The molecule has 2 aliphatic rings. The monoisotopic (exact) mass is 503 g/mol. The Hall–Kier alpha value is -2.82. The maximum absolute atomic E-state index is 13.2. The van der Waals surface area contributed by atoms with Crippen LogP contribution in [0, 0.1) is 5.92 Å². The molecule has 5 heteroatoms. The van der Waals surface area contributed by atoms with Crippen molar-refractivity contribution in [1.82, 2.24) is 0 Å². The van der Waals surface area contributed by atoms with Gasteiger partial charge in [-0.1, -0.05) is 72.3 Å². The van der Waals surface area contributed by atoms with E-state index in [-0.39, 0.29) is 23.9 Å². The molecule has 36 heavy (non-hydrogen) atoms. The van der Waals surface area contributed by atoms with Crippen LogP contribution in [0.4, 0.5) is 5.69 Å². The van der Waals surface area contributed by atoms with Crippen LogP contribution in [0.1, 0.15) is 54.7 Å². The number of nitrogens with one attached hydrogen (secondary N) is 1. The number of aliphatic hydroxyl groups excluding tert-OH is 1. The Morgan fingerprint density at radius 1 is 1.03 bits per heavy atom. The second-order valence-corrected chi connectivity index (χ2v) is 10.9. The summed E-state index contributed by atoms with van der Waals surface area (Å²) in [7, 11) is 1.47. The predicted octanol–water partition coefficient (Wildman–Crippen LogP) is 6.51. The third-order valence-corrected chi connectivity index (χ3v) is 8.88. The van der Waals surface area contributed by atoms with Gasteiger partial charge in [0.25, 0.3) is 0 Å². The van der Waals surface area contributed by atoms with E-state index in [1.54, 1.807) is 0 Å². The number of esters is 1. The minimum absolute atomic E-state index is 0.0215. The molecule has 0 heterocycles. The molecule has 2 aliphatic carbocycles. The maximum atomic E-state index is 13.2. The van der Waals surface area contributed by atoms with Crippen LogP contribution in [-0.4, -0.2) is 30.3 Å². The van der Waals surface area contributed by atoms with Crippen LogP contribution in [-0.2, 0) is 21.4 Å². The summed E-state index contributed by atoms with van der Waals surface area (Å²) in [6.07, 6.45) is 5.03. The number of hydrogen-bond acceptors (Lipinski definition) is 4. The van der Waals surface area contributed by atoms with Crippen LogP contribution in [0.3, 0.4) is 0 Å². The number of hydrogen-bond donors (Lipinski definition) is 2. The van der Waals surface area contributed by atoms with Crippen LogP contribution in [0.15, 0.2) is 78.9 Å². The molecule has 0 aromatic heterocycles. The topological polar surface area (TPSA) is 58.6 Å². The minimum Gasteiger partial charge on any atom is -0.467 e. The number of benzene rings is 3. The van der Waals surface area contributed by atoms with Crippen molar-refractivity contribution in [2.75, 3.05) is 19.0 Å². The van der Waals surface area contributed by atoms with E-state index in [1.807, 2.05) is 42.5 Å². The summed E-state index contributed by atoms with van der Waals surface area (Å²) < 4.78 is 5.32. The summed E-state index contributed by atoms with van der Waals surface area (Å²) in [6, 6.07) is 26.7. The molecule has 0 saturated heterocycles. The standard InChI is InChI=1S/C31H34ClNO3/c1-36-29(35)31(33-27-12-7-11-26(32)20-27)16-14-30(15-17-31)25(18-23-10-5-6-13-28(23)30)19-24(21-34)22-8-3-2-4-9-22/h2-13,20,24-25,33-34H,14-19,21H2,1H3. The molecule has 3 aromatic rings. The Labute approximate surface area is 218 Å². The predicted molar refractivity (Wildman–Crippen MR) is 144 cm³/mol. The quantitative estimate of drug-likeness (QED) is 0.360. The first kappa shape index (κ1) is 24.9. The van der Waals surface area contributed by atoms with Crippen LogP contribution in [0.25, 0.3) is 0 Å². The molecule has 0 amide bonds. The van der Waals surface area contributed by atoms with Gasteiger partial charge in [-0.3, -0.25) is 0 Å². The first-order valence-corrected chi connectivity index (χ1v) is 13.2. The molecule has 1 saturated carbocycles. The van der Waals surface area contributed by atoms with Gasteiger partial charge in [-0.05, 0) is 84.7 Å². The largest absolute Gasteiger partial charge is 0.467 e. The Kier molecular flexibility index (Phi) is 7.09. The SMILES string of the molecule is COC(=O)C1(Nc2cccc(Cl)c2)CCC2(CC1)c1ccccc1CC2CC(CO)c1ccccc1. The highest BCUT2D eigenvalue weighted by atomic mass is 35.5. The fourth-order valence-corrected chi connectivity index (χ4v) is 6.97. The molecule has 2 N–H and O–H groups in total. The molecule has 188 valence electrons. The van der Waals surface area contributed by atoms with E-state index in [4.69, 9.17) is 16.3 Å².